The second kappa shape index (κ2) is 10.8. The third-order valence-corrected chi connectivity index (χ3v) is 5.87. The maximum Gasteiger partial charge on any atom is 0.416 e. The number of hydrogen-bond donors (Lipinski definition) is 2. The summed E-state index contributed by atoms with van der Waals surface area (Å²) in [6, 6.07) is 8.75. The maximum absolute atomic E-state index is 13.8. The van der Waals surface area contributed by atoms with E-state index in [1.54, 1.807) is 30.6 Å². The van der Waals surface area contributed by atoms with Crippen molar-refractivity contribution < 1.29 is 18.0 Å². The molecule has 1 fully saturated rings. The summed E-state index contributed by atoms with van der Waals surface area (Å²) in [4.78, 5) is 23.2. The molecule has 2 aromatic rings. The molecule has 1 saturated heterocycles. The molecule has 35 heavy (non-hydrogen) atoms. The molecule has 6 nitrogen and oxygen atoms in total. The molecule has 0 saturated carbocycles. The molecule has 0 bridgehead atoms. The Morgan fingerprint density at radius 2 is 1.97 bits per heavy atom. The van der Waals surface area contributed by atoms with Gasteiger partial charge in [-0.25, -0.2) is 0 Å². The number of hydrogen-bond acceptors (Lipinski definition) is 5. The zero-order chi connectivity index (χ0) is 24.8. The van der Waals surface area contributed by atoms with Gasteiger partial charge in [0.2, 0.25) is 0 Å². The topological polar surface area (TPSA) is 69.1 Å². The van der Waals surface area contributed by atoms with Crippen molar-refractivity contribution in [3.63, 3.8) is 0 Å². The number of halogens is 3. The van der Waals surface area contributed by atoms with Crippen LogP contribution in [0.1, 0.15) is 32.6 Å². The molecule has 9 heteroatoms. The predicted octanol–water partition coefficient (Wildman–Crippen LogP) is 3.55. The van der Waals surface area contributed by atoms with E-state index in [1.165, 1.54) is 12.1 Å². The van der Waals surface area contributed by atoms with Crippen molar-refractivity contribution in [2.75, 3.05) is 38.0 Å². The van der Waals surface area contributed by atoms with E-state index in [1.807, 2.05) is 11.8 Å². The van der Waals surface area contributed by atoms with Gasteiger partial charge in [0, 0.05) is 62.0 Å². The fourth-order valence-corrected chi connectivity index (χ4v) is 3.91. The summed E-state index contributed by atoms with van der Waals surface area (Å²) >= 11 is 0. The summed E-state index contributed by atoms with van der Waals surface area (Å²) in [6.45, 7) is 5.45. The van der Waals surface area contributed by atoms with Gasteiger partial charge in [-0.15, -0.1) is 0 Å². The molecule has 4 rings (SSSR count). The van der Waals surface area contributed by atoms with Gasteiger partial charge in [-0.2, -0.15) is 13.2 Å². The van der Waals surface area contributed by atoms with Crippen molar-refractivity contribution in [3.05, 3.63) is 64.2 Å². The number of anilines is 1. The summed E-state index contributed by atoms with van der Waals surface area (Å²) < 4.78 is 41.4. The van der Waals surface area contributed by atoms with Crippen LogP contribution in [-0.2, 0) is 12.7 Å². The minimum atomic E-state index is -4.53. The van der Waals surface area contributed by atoms with E-state index < -0.39 is 17.6 Å². The number of amides is 1. The van der Waals surface area contributed by atoms with E-state index in [0.717, 1.165) is 24.7 Å². The summed E-state index contributed by atoms with van der Waals surface area (Å²) in [7, 11) is 0. The number of nitrogens with zero attached hydrogens (tertiary/aromatic N) is 3. The number of alkyl halides is 3. The minimum Gasteiger partial charge on any atom is -0.322 e. The molecule has 2 aliphatic heterocycles. The Kier molecular flexibility index (Phi) is 7.63. The highest BCUT2D eigenvalue weighted by Gasteiger charge is 2.34. The van der Waals surface area contributed by atoms with Gasteiger partial charge < -0.3 is 10.6 Å². The minimum absolute atomic E-state index is 0.0917. The van der Waals surface area contributed by atoms with Crippen LogP contribution in [0.3, 0.4) is 0 Å². The van der Waals surface area contributed by atoms with Crippen LogP contribution in [0.4, 0.5) is 18.9 Å². The summed E-state index contributed by atoms with van der Waals surface area (Å²) in [5, 5.41) is 5.79. The molecular formula is C26H26F3N5O. The molecule has 2 N–H and O–H groups in total. The Balaban J connectivity index is 1.51. The van der Waals surface area contributed by atoms with Crippen LogP contribution < -0.4 is 10.6 Å². The van der Waals surface area contributed by atoms with Gasteiger partial charge in [0.1, 0.15) is 6.04 Å². The van der Waals surface area contributed by atoms with E-state index in [0.29, 0.717) is 30.8 Å². The van der Waals surface area contributed by atoms with Crippen LogP contribution in [0.5, 0.6) is 0 Å². The van der Waals surface area contributed by atoms with Crippen molar-refractivity contribution in [2.45, 2.75) is 25.7 Å². The molecule has 182 valence electrons. The molecule has 1 unspecified atom stereocenters. The van der Waals surface area contributed by atoms with Crippen molar-refractivity contribution >= 4 is 24.0 Å². The van der Waals surface area contributed by atoms with Crippen LogP contribution in [-0.4, -0.2) is 62.0 Å². The highest BCUT2D eigenvalue weighted by molar-refractivity contribution is 6.16. The molecule has 1 atom stereocenters. The number of piperazine rings is 1. The van der Waals surface area contributed by atoms with Crippen LogP contribution in [0.25, 0.3) is 0 Å². The first kappa shape index (κ1) is 24.6. The predicted molar refractivity (Wildman–Crippen MR) is 131 cm³/mol. The monoisotopic (exact) mass is 481 g/mol. The Labute approximate surface area is 202 Å². The second-order valence-electron chi connectivity index (χ2n) is 8.48. The highest BCUT2D eigenvalue weighted by atomic mass is 19.4. The zero-order valence-corrected chi connectivity index (χ0v) is 19.3. The average molecular weight is 482 g/mol. The molecule has 2 aliphatic rings. The zero-order valence-electron chi connectivity index (χ0n) is 19.3. The van der Waals surface area contributed by atoms with E-state index in [9.17, 15) is 18.0 Å². The molecular weight excluding hydrogens is 455 g/mol. The molecule has 0 aromatic heterocycles. The van der Waals surface area contributed by atoms with E-state index in [2.05, 4.69) is 32.5 Å². The van der Waals surface area contributed by atoms with Gasteiger partial charge in [-0.3, -0.25) is 19.7 Å². The number of carbonyl (C=O) groups is 1. The standard InChI is InChI=1S/C26H26F3N5O/c1-18-2-3-20(14-19(18)4-7-23-16-31-8-9-32-23)25(35)33-22-6-5-21(24(15-22)26(27,28)29)17-34-12-10-30-11-13-34/h2-3,5-6,8-9,14-15,23,30H,10-13,16-17H2,1H3,(H,33,35). The third-order valence-electron chi connectivity index (χ3n) is 5.87. The smallest absolute Gasteiger partial charge is 0.322 e. The first-order valence-electron chi connectivity index (χ1n) is 11.4. The molecule has 0 aliphatic carbocycles. The van der Waals surface area contributed by atoms with Gasteiger partial charge >= 0.3 is 6.18 Å². The molecule has 0 radical (unpaired) electrons. The normalized spacial score (nSPS) is 18.1. The summed E-state index contributed by atoms with van der Waals surface area (Å²) in [6.07, 6.45) is -1.30. The SMILES string of the molecule is Cc1ccc(C(=O)Nc2ccc(CN3CCNCC3)c(C(F)(F)F)c2)cc1C#CC1CN=CC=N1. The molecule has 1 amide bonds. The van der Waals surface area contributed by atoms with Crippen LogP contribution in [0, 0.1) is 18.8 Å². The van der Waals surface area contributed by atoms with Gasteiger partial charge in [0.15, 0.2) is 0 Å². The fraction of sp³-hybridized carbons (Fsp3) is 0.346. The Bertz CT molecular complexity index is 1200. The number of benzene rings is 2. The fourth-order valence-electron chi connectivity index (χ4n) is 3.91. The number of aryl methyl sites for hydroxylation is 1. The van der Waals surface area contributed by atoms with Gasteiger partial charge in [0.25, 0.3) is 5.91 Å². The molecule has 2 heterocycles. The number of aliphatic imine (C=N–C) groups is 2. The van der Waals surface area contributed by atoms with E-state index in [-0.39, 0.29) is 23.8 Å². The van der Waals surface area contributed by atoms with E-state index in [4.69, 9.17) is 0 Å². The first-order chi connectivity index (χ1) is 16.8. The third kappa shape index (κ3) is 6.56. The van der Waals surface area contributed by atoms with E-state index >= 15 is 0 Å². The lowest BCUT2D eigenvalue weighted by atomic mass is 10.0. The van der Waals surface area contributed by atoms with Gasteiger partial charge in [-0.05, 0) is 42.3 Å². The Morgan fingerprint density at radius 1 is 1.17 bits per heavy atom. The van der Waals surface area contributed by atoms with Crippen molar-refractivity contribution in [2.24, 2.45) is 9.98 Å². The number of nitrogens with one attached hydrogen (secondary N) is 2. The summed E-state index contributed by atoms with van der Waals surface area (Å²) in [5.74, 6) is 5.57. The van der Waals surface area contributed by atoms with Crippen molar-refractivity contribution in [1.82, 2.24) is 10.2 Å². The summed E-state index contributed by atoms with van der Waals surface area (Å²) in [5.41, 5.74) is 1.40. The van der Waals surface area contributed by atoms with Crippen molar-refractivity contribution in [3.8, 4) is 11.8 Å². The Morgan fingerprint density at radius 3 is 2.69 bits per heavy atom. The van der Waals surface area contributed by atoms with Crippen LogP contribution in [0.2, 0.25) is 0 Å². The van der Waals surface area contributed by atoms with Gasteiger partial charge in [-0.1, -0.05) is 24.0 Å². The lowest BCUT2D eigenvalue weighted by molar-refractivity contribution is -0.138. The number of carbonyl (C=O) groups excluding carboxylic acids is 1. The van der Waals surface area contributed by atoms with Crippen LogP contribution >= 0.6 is 0 Å². The number of rotatable bonds is 4. The maximum atomic E-state index is 13.8. The first-order valence-corrected chi connectivity index (χ1v) is 11.4. The average Bonchev–Trinajstić information content (AvgIpc) is 2.85. The van der Waals surface area contributed by atoms with Crippen molar-refractivity contribution in [1.29, 1.82) is 0 Å². The lowest BCUT2D eigenvalue weighted by Crippen LogP contribution is -2.43. The molecule has 0 spiro atoms. The Hall–Kier alpha value is -3.48. The highest BCUT2D eigenvalue weighted by Crippen LogP contribution is 2.34. The second-order valence-corrected chi connectivity index (χ2v) is 8.48. The largest absolute Gasteiger partial charge is 0.416 e. The lowest BCUT2D eigenvalue weighted by Gasteiger charge is -2.28. The quantitative estimate of drug-likeness (QED) is 0.657. The van der Waals surface area contributed by atoms with Crippen LogP contribution in [0.15, 0.2) is 46.4 Å². The molecule has 2 aromatic carbocycles. The van der Waals surface area contributed by atoms with Gasteiger partial charge in [0.05, 0.1) is 12.1 Å².